The number of aliphatic hydroxyl groups is 1. The Labute approximate surface area is 244 Å². The molecule has 1 unspecified atom stereocenters. The second kappa shape index (κ2) is 14.3. The highest BCUT2D eigenvalue weighted by atomic mass is 35.5. The Bertz CT molecular complexity index is 1530. The molecule has 0 saturated carbocycles. The van der Waals surface area contributed by atoms with E-state index in [9.17, 15) is 15.2 Å². The molecule has 0 saturated heterocycles. The molecule has 1 atom stereocenters. The lowest BCUT2D eigenvalue weighted by atomic mass is 9.97. The van der Waals surface area contributed by atoms with Gasteiger partial charge in [-0.15, -0.1) is 0 Å². The standard InChI is InChI=1S/C33H31ClN2O5/c1-22-27(11-6-12-29(22)25-9-3-2-4-10-25)21-40-30-14-13-26(18-36-19-28(37)16-31(38)39)33(32(30)34)41-20-24-8-5-7-23(15-24)17-35/h2-15,28,36-37H,16,18-21H2,1H3,(H,38,39). The highest BCUT2D eigenvalue weighted by Crippen LogP contribution is 2.38. The minimum atomic E-state index is -1.07. The molecule has 8 heteroatoms. The van der Waals surface area contributed by atoms with Crippen LogP contribution in [0.5, 0.6) is 11.5 Å². The third kappa shape index (κ3) is 8.09. The van der Waals surface area contributed by atoms with Crippen molar-refractivity contribution in [3.63, 3.8) is 0 Å². The van der Waals surface area contributed by atoms with E-state index in [0.717, 1.165) is 27.8 Å². The van der Waals surface area contributed by atoms with Crippen LogP contribution in [0.2, 0.25) is 5.02 Å². The molecular weight excluding hydrogens is 540 g/mol. The van der Waals surface area contributed by atoms with Crippen LogP contribution in [0.1, 0.15) is 34.2 Å². The number of rotatable bonds is 13. The monoisotopic (exact) mass is 570 g/mol. The van der Waals surface area contributed by atoms with Gasteiger partial charge in [-0.1, -0.05) is 78.3 Å². The fourth-order valence-electron chi connectivity index (χ4n) is 4.44. The number of nitriles is 1. The van der Waals surface area contributed by atoms with Gasteiger partial charge in [0, 0.05) is 18.7 Å². The lowest BCUT2D eigenvalue weighted by Gasteiger charge is -2.18. The summed E-state index contributed by atoms with van der Waals surface area (Å²) in [4.78, 5) is 10.9. The Balaban J connectivity index is 1.54. The Morgan fingerprint density at radius 2 is 1.76 bits per heavy atom. The van der Waals surface area contributed by atoms with Gasteiger partial charge in [0.05, 0.1) is 24.2 Å². The van der Waals surface area contributed by atoms with Crippen molar-refractivity contribution in [1.29, 1.82) is 5.26 Å². The summed E-state index contributed by atoms with van der Waals surface area (Å²) in [5.74, 6) is -0.217. The predicted molar refractivity (Wildman–Crippen MR) is 158 cm³/mol. The smallest absolute Gasteiger partial charge is 0.306 e. The van der Waals surface area contributed by atoms with Crippen LogP contribution in [-0.2, 0) is 24.6 Å². The lowest BCUT2D eigenvalue weighted by molar-refractivity contribution is -0.139. The number of hydrogen-bond donors (Lipinski definition) is 3. The van der Waals surface area contributed by atoms with Gasteiger partial charge in [-0.25, -0.2) is 0 Å². The number of carboxylic acids is 1. The molecule has 4 aromatic rings. The minimum absolute atomic E-state index is 0.0862. The van der Waals surface area contributed by atoms with Crippen molar-refractivity contribution in [3.05, 3.63) is 118 Å². The highest BCUT2D eigenvalue weighted by molar-refractivity contribution is 6.33. The van der Waals surface area contributed by atoms with E-state index in [0.29, 0.717) is 34.3 Å². The molecule has 4 aromatic carbocycles. The molecule has 4 rings (SSSR count). The van der Waals surface area contributed by atoms with Gasteiger partial charge in [0.15, 0.2) is 0 Å². The van der Waals surface area contributed by atoms with E-state index in [-0.39, 0.29) is 26.1 Å². The summed E-state index contributed by atoms with van der Waals surface area (Å²) < 4.78 is 12.3. The number of aliphatic carboxylic acids is 1. The summed E-state index contributed by atoms with van der Waals surface area (Å²) in [6.45, 7) is 2.91. The van der Waals surface area contributed by atoms with Gasteiger partial charge in [-0.05, 0) is 52.9 Å². The fraction of sp³-hybridized carbons (Fsp3) is 0.212. The van der Waals surface area contributed by atoms with Crippen molar-refractivity contribution in [3.8, 4) is 28.7 Å². The molecule has 41 heavy (non-hydrogen) atoms. The van der Waals surface area contributed by atoms with Crippen LogP contribution in [0, 0.1) is 18.3 Å². The first-order valence-electron chi connectivity index (χ1n) is 13.2. The van der Waals surface area contributed by atoms with Gasteiger partial charge < -0.3 is 25.0 Å². The second-order valence-corrected chi connectivity index (χ2v) is 9.97. The molecule has 7 nitrogen and oxygen atoms in total. The average Bonchev–Trinajstić information content (AvgIpc) is 2.97. The van der Waals surface area contributed by atoms with Gasteiger partial charge >= 0.3 is 5.97 Å². The summed E-state index contributed by atoms with van der Waals surface area (Å²) in [7, 11) is 0. The van der Waals surface area contributed by atoms with E-state index in [1.54, 1.807) is 24.3 Å². The zero-order valence-electron chi connectivity index (χ0n) is 22.6. The maximum atomic E-state index is 10.9. The van der Waals surface area contributed by atoms with Gasteiger partial charge in [0.25, 0.3) is 0 Å². The fourth-order valence-corrected chi connectivity index (χ4v) is 4.74. The van der Waals surface area contributed by atoms with Gasteiger partial charge in [0.2, 0.25) is 0 Å². The van der Waals surface area contributed by atoms with Crippen LogP contribution in [0.15, 0.2) is 84.9 Å². The molecule has 0 aromatic heterocycles. The largest absolute Gasteiger partial charge is 0.487 e. The summed E-state index contributed by atoms with van der Waals surface area (Å²) in [5.41, 5.74) is 6.44. The van der Waals surface area contributed by atoms with Crippen molar-refractivity contribution in [2.75, 3.05) is 6.54 Å². The molecular formula is C33H31ClN2O5. The maximum absolute atomic E-state index is 10.9. The van der Waals surface area contributed by atoms with Crippen LogP contribution in [0.4, 0.5) is 0 Å². The van der Waals surface area contributed by atoms with Gasteiger partial charge in [0.1, 0.15) is 29.7 Å². The molecule has 0 bridgehead atoms. The summed E-state index contributed by atoms with van der Waals surface area (Å²) in [6.07, 6.45) is -1.39. The molecule has 0 aliphatic heterocycles. The Hall–Kier alpha value is -4.35. The molecule has 210 valence electrons. The second-order valence-electron chi connectivity index (χ2n) is 9.59. The first-order chi connectivity index (χ1) is 19.9. The first kappa shape index (κ1) is 29.6. The van der Waals surface area contributed by atoms with Crippen LogP contribution >= 0.6 is 11.6 Å². The van der Waals surface area contributed by atoms with Crippen molar-refractivity contribution >= 4 is 17.6 Å². The van der Waals surface area contributed by atoms with Crippen LogP contribution in [-0.4, -0.2) is 28.8 Å². The minimum Gasteiger partial charge on any atom is -0.487 e. The number of benzene rings is 4. The summed E-state index contributed by atoms with van der Waals surface area (Å²) in [6, 6.07) is 29.1. The predicted octanol–water partition coefficient (Wildman–Crippen LogP) is 6.27. The number of nitrogens with zero attached hydrogens (tertiary/aromatic N) is 1. The lowest BCUT2D eigenvalue weighted by Crippen LogP contribution is -2.28. The van der Waals surface area contributed by atoms with E-state index in [2.05, 4.69) is 36.5 Å². The molecule has 3 N–H and O–H groups in total. The zero-order chi connectivity index (χ0) is 29.2. The SMILES string of the molecule is Cc1c(COc2ccc(CNCC(O)CC(=O)O)c(OCc3cccc(C#N)c3)c2Cl)cccc1-c1ccccc1. The molecule has 0 amide bonds. The number of ether oxygens (including phenoxy) is 2. The molecule has 0 spiro atoms. The van der Waals surface area contributed by atoms with E-state index in [4.69, 9.17) is 26.2 Å². The Morgan fingerprint density at radius 1 is 0.976 bits per heavy atom. The molecule has 0 aliphatic rings. The van der Waals surface area contributed by atoms with Crippen LogP contribution < -0.4 is 14.8 Å². The first-order valence-corrected chi connectivity index (χ1v) is 13.5. The third-order valence-corrected chi connectivity index (χ3v) is 6.96. The van der Waals surface area contributed by atoms with Crippen molar-refractivity contribution in [1.82, 2.24) is 5.32 Å². The number of halogens is 1. The van der Waals surface area contributed by atoms with Crippen molar-refractivity contribution in [2.45, 2.75) is 39.2 Å². The van der Waals surface area contributed by atoms with Gasteiger partial charge in [-0.3, -0.25) is 4.79 Å². The number of nitrogens with one attached hydrogen (secondary N) is 1. The van der Waals surface area contributed by atoms with Crippen LogP contribution in [0.25, 0.3) is 11.1 Å². The Morgan fingerprint density at radius 3 is 2.51 bits per heavy atom. The number of aliphatic hydroxyl groups excluding tert-OH is 1. The summed E-state index contributed by atoms with van der Waals surface area (Å²) >= 11 is 6.83. The van der Waals surface area contributed by atoms with E-state index < -0.39 is 12.1 Å². The number of carbonyl (C=O) groups is 1. The molecule has 0 heterocycles. The highest BCUT2D eigenvalue weighted by Gasteiger charge is 2.17. The normalized spacial score (nSPS) is 11.5. The molecule has 0 fully saturated rings. The zero-order valence-corrected chi connectivity index (χ0v) is 23.4. The molecule has 0 radical (unpaired) electrons. The molecule has 0 aliphatic carbocycles. The quantitative estimate of drug-likeness (QED) is 0.174. The Kier molecular flexibility index (Phi) is 10.4. The van der Waals surface area contributed by atoms with E-state index >= 15 is 0 Å². The van der Waals surface area contributed by atoms with Crippen molar-refractivity contribution < 1.29 is 24.5 Å². The topological polar surface area (TPSA) is 112 Å². The van der Waals surface area contributed by atoms with Crippen LogP contribution in [0.3, 0.4) is 0 Å². The summed E-state index contributed by atoms with van der Waals surface area (Å²) in [5, 5.41) is 31.4. The maximum Gasteiger partial charge on any atom is 0.306 e. The number of carboxylic acid groups (broad SMARTS) is 1. The van der Waals surface area contributed by atoms with Crippen molar-refractivity contribution in [2.24, 2.45) is 0 Å². The third-order valence-electron chi connectivity index (χ3n) is 6.60. The van der Waals surface area contributed by atoms with E-state index in [1.807, 2.05) is 42.5 Å². The average molecular weight is 571 g/mol. The van der Waals surface area contributed by atoms with Gasteiger partial charge in [-0.2, -0.15) is 5.26 Å². The van der Waals surface area contributed by atoms with E-state index in [1.165, 1.54) is 0 Å². The number of hydrogen-bond acceptors (Lipinski definition) is 6.